The van der Waals surface area contributed by atoms with E-state index in [0.717, 1.165) is 12.8 Å². The number of carbonyl (C=O) groups is 2. The van der Waals surface area contributed by atoms with Crippen molar-refractivity contribution < 1.29 is 9.59 Å². The van der Waals surface area contributed by atoms with E-state index in [1.807, 2.05) is 0 Å². The molecule has 2 amide bonds. The van der Waals surface area contributed by atoms with Crippen LogP contribution in [0, 0.1) is 11.8 Å². The molecule has 0 aliphatic heterocycles. The van der Waals surface area contributed by atoms with Crippen molar-refractivity contribution in [2.75, 3.05) is 25.5 Å². The second kappa shape index (κ2) is 9.58. The standard InChI is InChI=1S/C19H27Cl2N3O2/c1-12-6-4-9-16(13(12)2)22-17(25)10-24(3)11-18(26)23-19-14(20)7-5-8-15(19)21/h5,7-8,12-13,16H,4,6,9-11H2,1-3H3,(H,22,25)(H,23,26)/t12-,13+,16+/m1/s1. The van der Waals surface area contributed by atoms with Crippen molar-refractivity contribution in [3.63, 3.8) is 0 Å². The molecule has 1 aliphatic carbocycles. The summed E-state index contributed by atoms with van der Waals surface area (Å²) in [5.41, 5.74) is 0.392. The molecule has 0 heterocycles. The Labute approximate surface area is 165 Å². The average Bonchev–Trinajstić information content (AvgIpc) is 2.55. The zero-order valence-electron chi connectivity index (χ0n) is 15.5. The van der Waals surface area contributed by atoms with E-state index >= 15 is 0 Å². The van der Waals surface area contributed by atoms with E-state index in [4.69, 9.17) is 23.2 Å². The number of nitrogens with one attached hydrogen (secondary N) is 2. The van der Waals surface area contributed by atoms with Crippen LogP contribution in [0.25, 0.3) is 0 Å². The number of anilines is 1. The lowest BCUT2D eigenvalue weighted by Gasteiger charge is -2.34. The SMILES string of the molecule is C[C@H]1[C@H](C)CCC[C@@H]1NC(=O)CN(C)CC(=O)Nc1c(Cl)cccc1Cl. The third-order valence-corrected chi connectivity index (χ3v) is 5.74. The lowest BCUT2D eigenvalue weighted by atomic mass is 9.78. The molecule has 2 rings (SSSR count). The number of likely N-dealkylation sites (N-methyl/N-ethyl adjacent to an activating group) is 1. The Bertz CT molecular complexity index is 633. The molecule has 1 saturated carbocycles. The molecule has 7 heteroatoms. The Morgan fingerprint density at radius 3 is 2.38 bits per heavy atom. The molecule has 1 fully saturated rings. The fourth-order valence-electron chi connectivity index (χ4n) is 3.38. The number of hydrogen-bond donors (Lipinski definition) is 2. The molecule has 3 atom stereocenters. The van der Waals surface area contributed by atoms with Crippen LogP contribution in [0.3, 0.4) is 0 Å². The largest absolute Gasteiger partial charge is 0.352 e. The van der Waals surface area contributed by atoms with Crippen LogP contribution in [0.1, 0.15) is 33.1 Å². The van der Waals surface area contributed by atoms with Crippen LogP contribution >= 0.6 is 23.2 Å². The average molecular weight is 400 g/mol. The summed E-state index contributed by atoms with van der Waals surface area (Å²) in [4.78, 5) is 26.2. The van der Waals surface area contributed by atoms with E-state index in [1.165, 1.54) is 6.42 Å². The van der Waals surface area contributed by atoms with E-state index in [9.17, 15) is 9.59 Å². The first-order valence-electron chi connectivity index (χ1n) is 8.99. The highest BCUT2D eigenvalue weighted by atomic mass is 35.5. The molecule has 26 heavy (non-hydrogen) atoms. The van der Waals surface area contributed by atoms with Gasteiger partial charge in [0.25, 0.3) is 0 Å². The highest BCUT2D eigenvalue weighted by Crippen LogP contribution is 2.30. The summed E-state index contributed by atoms with van der Waals surface area (Å²) in [5.74, 6) is 0.776. The van der Waals surface area contributed by atoms with Crippen molar-refractivity contribution in [3.05, 3.63) is 28.2 Å². The number of hydrogen-bond acceptors (Lipinski definition) is 3. The van der Waals surface area contributed by atoms with Crippen molar-refractivity contribution in [1.29, 1.82) is 0 Å². The van der Waals surface area contributed by atoms with Crippen LogP contribution in [-0.2, 0) is 9.59 Å². The fourth-order valence-corrected chi connectivity index (χ4v) is 3.87. The number of rotatable bonds is 6. The maximum Gasteiger partial charge on any atom is 0.238 e. The summed E-state index contributed by atoms with van der Waals surface area (Å²) in [5, 5.41) is 6.58. The summed E-state index contributed by atoms with van der Waals surface area (Å²) in [6.45, 7) is 4.67. The van der Waals surface area contributed by atoms with Crippen molar-refractivity contribution >= 4 is 40.7 Å². The molecule has 1 aliphatic rings. The number of benzene rings is 1. The molecule has 0 bridgehead atoms. The van der Waals surface area contributed by atoms with Crippen LogP contribution in [0.15, 0.2) is 18.2 Å². The van der Waals surface area contributed by atoms with Gasteiger partial charge in [-0.15, -0.1) is 0 Å². The highest BCUT2D eigenvalue weighted by Gasteiger charge is 2.28. The molecule has 1 aromatic rings. The fraction of sp³-hybridized carbons (Fsp3) is 0.579. The van der Waals surface area contributed by atoms with Gasteiger partial charge in [0, 0.05) is 6.04 Å². The zero-order valence-corrected chi connectivity index (χ0v) is 17.0. The number of amides is 2. The number of nitrogens with zero attached hydrogens (tertiary/aromatic N) is 1. The minimum absolute atomic E-state index is 0.0537. The number of para-hydroxylation sites is 1. The van der Waals surface area contributed by atoms with Crippen molar-refractivity contribution in [2.24, 2.45) is 11.8 Å². The summed E-state index contributed by atoms with van der Waals surface area (Å²) in [6.07, 6.45) is 3.39. The molecule has 0 saturated heterocycles. The molecule has 144 valence electrons. The maximum absolute atomic E-state index is 12.3. The molecular formula is C19H27Cl2N3O2. The quantitative estimate of drug-likeness (QED) is 0.764. The minimum Gasteiger partial charge on any atom is -0.352 e. The first-order chi connectivity index (χ1) is 12.3. The van der Waals surface area contributed by atoms with E-state index < -0.39 is 0 Å². The second-order valence-electron chi connectivity index (χ2n) is 7.26. The maximum atomic E-state index is 12.3. The van der Waals surface area contributed by atoms with Gasteiger partial charge in [-0.25, -0.2) is 0 Å². The van der Waals surface area contributed by atoms with E-state index in [-0.39, 0.29) is 30.9 Å². The van der Waals surface area contributed by atoms with Gasteiger partial charge in [0.1, 0.15) is 0 Å². The zero-order chi connectivity index (χ0) is 19.3. The summed E-state index contributed by atoms with van der Waals surface area (Å²) >= 11 is 12.1. The first-order valence-corrected chi connectivity index (χ1v) is 9.75. The Morgan fingerprint density at radius 1 is 1.12 bits per heavy atom. The third-order valence-electron chi connectivity index (χ3n) is 5.11. The highest BCUT2D eigenvalue weighted by molar-refractivity contribution is 6.39. The lowest BCUT2D eigenvalue weighted by molar-refractivity contribution is -0.124. The van der Waals surface area contributed by atoms with Crippen LogP contribution in [-0.4, -0.2) is 42.9 Å². The molecule has 0 aromatic heterocycles. The van der Waals surface area contributed by atoms with Gasteiger partial charge in [0.15, 0.2) is 0 Å². The minimum atomic E-state index is -0.269. The molecule has 0 radical (unpaired) electrons. The predicted molar refractivity (Wildman–Crippen MR) is 107 cm³/mol. The first kappa shape index (κ1) is 21.0. The van der Waals surface area contributed by atoms with Gasteiger partial charge in [-0.1, -0.05) is 56.0 Å². The van der Waals surface area contributed by atoms with Crippen LogP contribution in [0.5, 0.6) is 0 Å². The summed E-state index contributed by atoms with van der Waals surface area (Å²) in [7, 11) is 1.74. The lowest BCUT2D eigenvalue weighted by Crippen LogP contribution is -2.47. The molecular weight excluding hydrogens is 373 g/mol. The number of halogens is 2. The Kier molecular flexibility index (Phi) is 7.74. The summed E-state index contributed by atoms with van der Waals surface area (Å²) < 4.78 is 0. The van der Waals surface area contributed by atoms with E-state index in [2.05, 4.69) is 24.5 Å². The van der Waals surface area contributed by atoms with Crippen LogP contribution in [0.2, 0.25) is 10.0 Å². The van der Waals surface area contributed by atoms with Gasteiger partial charge in [0.2, 0.25) is 11.8 Å². The van der Waals surface area contributed by atoms with Gasteiger partial charge in [-0.05, 0) is 37.4 Å². The smallest absolute Gasteiger partial charge is 0.238 e. The van der Waals surface area contributed by atoms with Gasteiger partial charge in [0.05, 0.1) is 28.8 Å². The molecule has 0 unspecified atom stereocenters. The van der Waals surface area contributed by atoms with Crippen molar-refractivity contribution in [2.45, 2.75) is 39.2 Å². The predicted octanol–water partition coefficient (Wildman–Crippen LogP) is 3.80. The Hall–Kier alpha value is -1.30. The number of carbonyl (C=O) groups excluding carboxylic acids is 2. The van der Waals surface area contributed by atoms with Crippen molar-refractivity contribution in [1.82, 2.24) is 10.2 Å². The Morgan fingerprint density at radius 2 is 1.73 bits per heavy atom. The van der Waals surface area contributed by atoms with E-state index in [0.29, 0.717) is 27.6 Å². The van der Waals surface area contributed by atoms with Crippen LogP contribution in [0.4, 0.5) is 5.69 Å². The molecule has 5 nitrogen and oxygen atoms in total. The monoisotopic (exact) mass is 399 g/mol. The summed E-state index contributed by atoms with van der Waals surface area (Å²) in [6, 6.07) is 5.25. The van der Waals surface area contributed by atoms with Crippen molar-refractivity contribution in [3.8, 4) is 0 Å². The normalized spacial score (nSPS) is 22.9. The second-order valence-corrected chi connectivity index (χ2v) is 8.07. The van der Waals surface area contributed by atoms with Crippen LogP contribution < -0.4 is 10.6 Å². The third kappa shape index (κ3) is 5.86. The Balaban J connectivity index is 1.81. The molecule has 2 N–H and O–H groups in total. The topological polar surface area (TPSA) is 61.4 Å². The van der Waals surface area contributed by atoms with E-state index in [1.54, 1.807) is 30.1 Å². The molecule has 1 aromatic carbocycles. The van der Waals surface area contributed by atoms with Gasteiger partial charge >= 0.3 is 0 Å². The molecule has 0 spiro atoms. The van der Waals surface area contributed by atoms with Gasteiger partial charge in [-0.3, -0.25) is 14.5 Å². The van der Waals surface area contributed by atoms with Gasteiger partial charge < -0.3 is 10.6 Å². The van der Waals surface area contributed by atoms with Gasteiger partial charge in [-0.2, -0.15) is 0 Å².